The maximum Gasteiger partial charge on any atom is 0.191 e. The molecule has 0 aromatic heterocycles. The molecule has 30 heavy (non-hydrogen) atoms. The normalized spacial score (nSPS) is 16.0. The third-order valence-corrected chi connectivity index (χ3v) is 4.99. The SMILES string of the molecule is CN=C(NCc1ccc(OC)c(C)c1)NCc1ccc(C)cc1OC1CCOC1.I. The van der Waals surface area contributed by atoms with Gasteiger partial charge in [-0.2, -0.15) is 0 Å². The van der Waals surface area contributed by atoms with Gasteiger partial charge in [0, 0.05) is 32.1 Å². The highest BCUT2D eigenvalue weighted by atomic mass is 127. The van der Waals surface area contributed by atoms with E-state index < -0.39 is 0 Å². The van der Waals surface area contributed by atoms with Gasteiger partial charge in [-0.1, -0.05) is 24.3 Å². The average molecular weight is 525 g/mol. The van der Waals surface area contributed by atoms with Crippen molar-refractivity contribution in [2.75, 3.05) is 27.4 Å². The minimum Gasteiger partial charge on any atom is -0.496 e. The number of halogens is 1. The van der Waals surface area contributed by atoms with Crippen LogP contribution in [-0.4, -0.2) is 39.4 Å². The van der Waals surface area contributed by atoms with Gasteiger partial charge in [0.1, 0.15) is 17.6 Å². The molecule has 7 heteroatoms. The van der Waals surface area contributed by atoms with Crippen molar-refractivity contribution in [1.82, 2.24) is 10.6 Å². The lowest BCUT2D eigenvalue weighted by Gasteiger charge is -2.18. The highest BCUT2D eigenvalue weighted by Crippen LogP contribution is 2.24. The number of hydrogen-bond donors (Lipinski definition) is 2. The van der Waals surface area contributed by atoms with E-state index in [0.717, 1.165) is 41.6 Å². The first-order valence-electron chi connectivity index (χ1n) is 10.0. The van der Waals surface area contributed by atoms with E-state index in [9.17, 15) is 0 Å². The maximum atomic E-state index is 6.18. The summed E-state index contributed by atoms with van der Waals surface area (Å²) in [4.78, 5) is 4.33. The van der Waals surface area contributed by atoms with Gasteiger partial charge in [-0.3, -0.25) is 4.99 Å². The van der Waals surface area contributed by atoms with Crippen molar-refractivity contribution in [1.29, 1.82) is 0 Å². The van der Waals surface area contributed by atoms with E-state index in [4.69, 9.17) is 14.2 Å². The molecule has 1 fully saturated rings. The Balaban J connectivity index is 0.00000320. The first-order chi connectivity index (χ1) is 14.1. The third kappa shape index (κ3) is 6.77. The number of methoxy groups -OCH3 is 1. The van der Waals surface area contributed by atoms with E-state index in [2.05, 4.69) is 52.9 Å². The molecule has 2 N–H and O–H groups in total. The summed E-state index contributed by atoms with van der Waals surface area (Å²) >= 11 is 0. The van der Waals surface area contributed by atoms with E-state index in [1.807, 2.05) is 13.0 Å². The van der Waals surface area contributed by atoms with Crippen LogP contribution in [0.15, 0.2) is 41.4 Å². The first kappa shape index (κ1) is 24.3. The molecule has 0 radical (unpaired) electrons. The lowest BCUT2D eigenvalue weighted by atomic mass is 10.1. The van der Waals surface area contributed by atoms with Crippen LogP contribution in [0.2, 0.25) is 0 Å². The molecule has 2 aromatic carbocycles. The minimum atomic E-state index is 0. The second-order valence-corrected chi connectivity index (χ2v) is 7.30. The van der Waals surface area contributed by atoms with Crippen molar-refractivity contribution in [2.45, 2.75) is 39.5 Å². The summed E-state index contributed by atoms with van der Waals surface area (Å²) in [5, 5.41) is 6.74. The molecule has 2 aromatic rings. The number of nitrogens with one attached hydrogen (secondary N) is 2. The molecule has 1 unspecified atom stereocenters. The molecule has 6 nitrogen and oxygen atoms in total. The fraction of sp³-hybridized carbons (Fsp3) is 0.435. The molecular weight excluding hydrogens is 493 g/mol. The van der Waals surface area contributed by atoms with Crippen LogP contribution in [0.3, 0.4) is 0 Å². The zero-order valence-corrected chi connectivity index (χ0v) is 20.5. The fourth-order valence-corrected chi connectivity index (χ4v) is 3.34. The first-order valence-corrected chi connectivity index (χ1v) is 10.0. The van der Waals surface area contributed by atoms with Crippen molar-refractivity contribution in [2.24, 2.45) is 4.99 Å². The standard InChI is InChI=1S/C23H31N3O3.HI/c1-16-5-7-19(22(11-16)29-20-9-10-28-15-20)14-26-23(24-3)25-13-18-6-8-21(27-4)17(2)12-18;/h5-8,11-12,20H,9-10,13-15H2,1-4H3,(H2,24,25,26);1H. The van der Waals surface area contributed by atoms with E-state index >= 15 is 0 Å². The Morgan fingerprint density at radius 1 is 1.10 bits per heavy atom. The van der Waals surface area contributed by atoms with Gasteiger partial charge in [0.05, 0.1) is 20.3 Å². The molecule has 3 rings (SSSR count). The fourth-order valence-electron chi connectivity index (χ4n) is 3.34. The number of rotatable bonds is 7. The molecule has 0 aliphatic carbocycles. The number of ether oxygens (including phenoxy) is 3. The number of aryl methyl sites for hydroxylation is 2. The lowest BCUT2D eigenvalue weighted by Crippen LogP contribution is -2.36. The summed E-state index contributed by atoms with van der Waals surface area (Å²) in [6, 6.07) is 12.5. The molecule has 1 aliphatic rings. The van der Waals surface area contributed by atoms with E-state index in [1.165, 1.54) is 11.1 Å². The average Bonchev–Trinajstić information content (AvgIpc) is 3.22. The number of nitrogens with zero attached hydrogens (tertiary/aromatic N) is 1. The van der Waals surface area contributed by atoms with Crippen molar-refractivity contribution in [3.63, 3.8) is 0 Å². The van der Waals surface area contributed by atoms with Gasteiger partial charge < -0.3 is 24.8 Å². The van der Waals surface area contributed by atoms with E-state index in [1.54, 1.807) is 14.2 Å². The summed E-state index contributed by atoms with van der Waals surface area (Å²) in [6.45, 7) is 6.86. The van der Waals surface area contributed by atoms with Crippen LogP contribution < -0.4 is 20.1 Å². The van der Waals surface area contributed by atoms with Gasteiger partial charge in [0.2, 0.25) is 0 Å². The molecule has 1 aliphatic heterocycles. The van der Waals surface area contributed by atoms with Crippen LogP contribution in [0.4, 0.5) is 0 Å². The number of benzene rings is 2. The summed E-state index contributed by atoms with van der Waals surface area (Å²) in [5.41, 5.74) is 4.57. The second kappa shape index (κ2) is 12.0. The smallest absolute Gasteiger partial charge is 0.191 e. The van der Waals surface area contributed by atoms with Gasteiger partial charge in [-0.15, -0.1) is 24.0 Å². The van der Waals surface area contributed by atoms with Gasteiger partial charge in [-0.05, 0) is 42.7 Å². The predicted octanol–water partition coefficient (Wildman–Crippen LogP) is 3.96. The quantitative estimate of drug-likeness (QED) is 0.326. The Morgan fingerprint density at radius 3 is 2.57 bits per heavy atom. The Hall–Kier alpha value is -2.00. The third-order valence-electron chi connectivity index (χ3n) is 4.99. The number of aliphatic imine (C=N–C) groups is 1. The predicted molar refractivity (Wildman–Crippen MR) is 131 cm³/mol. The van der Waals surface area contributed by atoms with Gasteiger partial charge >= 0.3 is 0 Å². The van der Waals surface area contributed by atoms with Gasteiger partial charge in [-0.25, -0.2) is 0 Å². The van der Waals surface area contributed by atoms with Crippen LogP contribution in [0.25, 0.3) is 0 Å². The molecule has 1 atom stereocenters. The van der Waals surface area contributed by atoms with E-state index in [0.29, 0.717) is 19.7 Å². The molecule has 0 spiro atoms. The monoisotopic (exact) mass is 525 g/mol. The van der Waals surface area contributed by atoms with Crippen molar-refractivity contribution >= 4 is 29.9 Å². The Kier molecular flexibility index (Phi) is 9.71. The van der Waals surface area contributed by atoms with Crippen molar-refractivity contribution in [3.8, 4) is 11.5 Å². The largest absolute Gasteiger partial charge is 0.496 e. The van der Waals surface area contributed by atoms with Gasteiger partial charge in [0.15, 0.2) is 5.96 Å². The van der Waals surface area contributed by atoms with Gasteiger partial charge in [0.25, 0.3) is 0 Å². The maximum absolute atomic E-state index is 6.18. The molecule has 0 amide bonds. The number of guanidine groups is 1. The Morgan fingerprint density at radius 2 is 1.90 bits per heavy atom. The van der Waals surface area contributed by atoms with Crippen LogP contribution >= 0.6 is 24.0 Å². The molecule has 0 bridgehead atoms. The molecule has 1 saturated heterocycles. The zero-order valence-electron chi connectivity index (χ0n) is 18.2. The highest BCUT2D eigenvalue weighted by Gasteiger charge is 2.18. The Bertz CT molecular complexity index is 852. The number of hydrogen-bond acceptors (Lipinski definition) is 4. The van der Waals surface area contributed by atoms with Crippen molar-refractivity contribution < 1.29 is 14.2 Å². The summed E-state index contributed by atoms with van der Waals surface area (Å²) in [5.74, 6) is 2.55. The Labute approximate surface area is 196 Å². The molecule has 1 heterocycles. The summed E-state index contributed by atoms with van der Waals surface area (Å²) < 4.78 is 16.9. The molecule has 0 saturated carbocycles. The van der Waals surface area contributed by atoms with E-state index in [-0.39, 0.29) is 30.1 Å². The molecule has 164 valence electrons. The second-order valence-electron chi connectivity index (χ2n) is 7.30. The molecular formula is C23H32IN3O3. The minimum absolute atomic E-state index is 0. The lowest BCUT2D eigenvalue weighted by molar-refractivity contribution is 0.140. The zero-order chi connectivity index (χ0) is 20.6. The van der Waals surface area contributed by atoms with Crippen LogP contribution in [-0.2, 0) is 17.8 Å². The van der Waals surface area contributed by atoms with Crippen LogP contribution in [0, 0.1) is 13.8 Å². The van der Waals surface area contributed by atoms with Crippen LogP contribution in [0.5, 0.6) is 11.5 Å². The topological polar surface area (TPSA) is 64.1 Å². The highest BCUT2D eigenvalue weighted by molar-refractivity contribution is 14.0. The van der Waals surface area contributed by atoms with Crippen molar-refractivity contribution in [3.05, 3.63) is 58.7 Å². The summed E-state index contributed by atoms with van der Waals surface area (Å²) in [7, 11) is 3.46. The van der Waals surface area contributed by atoms with Crippen LogP contribution in [0.1, 0.15) is 28.7 Å². The summed E-state index contributed by atoms with van der Waals surface area (Å²) in [6.07, 6.45) is 1.07.